The van der Waals surface area contributed by atoms with Crippen molar-refractivity contribution in [2.24, 2.45) is 11.8 Å². The molecule has 0 heterocycles. The first-order chi connectivity index (χ1) is 7.17. The second-order valence-electron chi connectivity index (χ2n) is 5.16. The van der Waals surface area contributed by atoms with Gasteiger partial charge in [0.05, 0.1) is 6.10 Å². The lowest BCUT2D eigenvalue weighted by Gasteiger charge is -2.27. The molecule has 1 rings (SSSR count). The van der Waals surface area contributed by atoms with Gasteiger partial charge in [-0.2, -0.15) is 0 Å². The van der Waals surface area contributed by atoms with Crippen molar-refractivity contribution in [3.05, 3.63) is 0 Å². The van der Waals surface area contributed by atoms with E-state index in [-0.39, 0.29) is 6.10 Å². The van der Waals surface area contributed by atoms with Crippen molar-refractivity contribution < 1.29 is 5.11 Å². The molecule has 0 aromatic carbocycles. The Kier molecular flexibility index (Phi) is 5.62. The third-order valence-electron chi connectivity index (χ3n) is 3.50. The van der Waals surface area contributed by atoms with Gasteiger partial charge in [0.2, 0.25) is 0 Å². The highest BCUT2D eigenvalue weighted by Gasteiger charge is 2.25. The molecular formula is C13H27NO. The summed E-state index contributed by atoms with van der Waals surface area (Å²) in [6, 6.07) is 0. The van der Waals surface area contributed by atoms with Crippen molar-refractivity contribution in [3.63, 3.8) is 0 Å². The number of hydrogen-bond acceptors (Lipinski definition) is 2. The van der Waals surface area contributed by atoms with E-state index in [0.717, 1.165) is 25.4 Å². The fraction of sp³-hybridized carbons (Fsp3) is 1.00. The van der Waals surface area contributed by atoms with Crippen LogP contribution in [0.2, 0.25) is 0 Å². The van der Waals surface area contributed by atoms with Crippen LogP contribution in [0, 0.1) is 11.8 Å². The first kappa shape index (κ1) is 13.0. The Morgan fingerprint density at radius 2 is 2.00 bits per heavy atom. The number of aliphatic hydroxyl groups is 1. The summed E-state index contributed by atoms with van der Waals surface area (Å²) in [7, 11) is 0. The molecule has 0 radical (unpaired) electrons. The minimum Gasteiger partial charge on any atom is -0.392 e. The standard InChI is InChI=1S/C13H27NO/c1-4-8-14(9-12-6-7-12)10-13(15)11(3)5-2/h11-13,15H,4-10H2,1-3H3. The lowest BCUT2D eigenvalue weighted by atomic mass is 10.0. The van der Waals surface area contributed by atoms with Gasteiger partial charge in [0.25, 0.3) is 0 Å². The van der Waals surface area contributed by atoms with Gasteiger partial charge in [0.15, 0.2) is 0 Å². The minimum absolute atomic E-state index is 0.139. The lowest BCUT2D eigenvalue weighted by molar-refractivity contribution is 0.0666. The van der Waals surface area contributed by atoms with Gasteiger partial charge in [0, 0.05) is 13.1 Å². The SMILES string of the molecule is CCCN(CC1CC1)CC(O)C(C)CC. The molecule has 2 heteroatoms. The zero-order chi connectivity index (χ0) is 11.3. The van der Waals surface area contributed by atoms with Crippen LogP contribution < -0.4 is 0 Å². The molecular weight excluding hydrogens is 186 g/mol. The largest absolute Gasteiger partial charge is 0.392 e. The van der Waals surface area contributed by atoms with Crippen LogP contribution in [0.15, 0.2) is 0 Å². The van der Waals surface area contributed by atoms with Crippen LogP contribution >= 0.6 is 0 Å². The quantitative estimate of drug-likeness (QED) is 0.669. The van der Waals surface area contributed by atoms with Crippen molar-refractivity contribution in [2.45, 2.75) is 52.6 Å². The topological polar surface area (TPSA) is 23.5 Å². The van der Waals surface area contributed by atoms with Gasteiger partial charge in [-0.3, -0.25) is 0 Å². The third kappa shape index (κ3) is 4.98. The maximum Gasteiger partial charge on any atom is 0.0692 e. The van der Waals surface area contributed by atoms with Crippen molar-refractivity contribution >= 4 is 0 Å². The van der Waals surface area contributed by atoms with Gasteiger partial charge in [-0.05, 0) is 37.6 Å². The van der Waals surface area contributed by atoms with Gasteiger partial charge in [-0.1, -0.05) is 27.2 Å². The Labute approximate surface area is 94.7 Å². The van der Waals surface area contributed by atoms with E-state index in [1.807, 2.05) is 0 Å². The fourth-order valence-corrected chi connectivity index (χ4v) is 1.96. The summed E-state index contributed by atoms with van der Waals surface area (Å²) in [6.45, 7) is 9.74. The van der Waals surface area contributed by atoms with E-state index in [4.69, 9.17) is 0 Å². The van der Waals surface area contributed by atoms with E-state index in [9.17, 15) is 5.11 Å². The molecule has 0 spiro atoms. The lowest BCUT2D eigenvalue weighted by Crippen LogP contribution is -2.37. The number of aliphatic hydroxyl groups excluding tert-OH is 1. The first-order valence-electron chi connectivity index (χ1n) is 6.57. The van der Waals surface area contributed by atoms with Crippen LogP contribution in [0.4, 0.5) is 0 Å². The molecule has 2 unspecified atom stereocenters. The van der Waals surface area contributed by atoms with Crippen LogP contribution in [0.25, 0.3) is 0 Å². The highest BCUT2D eigenvalue weighted by molar-refractivity contribution is 4.79. The molecule has 0 aliphatic heterocycles. The molecule has 2 nitrogen and oxygen atoms in total. The molecule has 0 bridgehead atoms. The van der Waals surface area contributed by atoms with E-state index in [2.05, 4.69) is 25.7 Å². The molecule has 0 amide bonds. The maximum atomic E-state index is 10.0. The smallest absolute Gasteiger partial charge is 0.0692 e. The molecule has 1 N–H and O–H groups in total. The zero-order valence-electron chi connectivity index (χ0n) is 10.6. The normalized spacial score (nSPS) is 20.6. The van der Waals surface area contributed by atoms with Crippen molar-refractivity contribution in [1.29, 1.82) is 0 Å². The molecule has 0 saturated heterocycles. The summed E-state index contributed by atoms with van der Waals surface area (Å²) in [5.41, 5.74) is 0. The summed E-state index contributed by atoms with van der Waals surface area (Å²) in [5, 5.41) is 10.0. The third-order valence-corrected chi connectivity index (χ3v) is 3.50. The molecule has 15 heavy (non-hydrogen) atoms. The minimum atomic E-state index is -0.139. The Morgan fingerprint density at radius 3 is 2.47 bits per heavy atom. The molecule has 90 valence electrons. The molecule has 1 saturated carbocycles. The molecule has 0 aromatic heterocycles. The Morgan fingerprint density at radius 1 is 1.33 bits per heavy atom. The Bertz CT molecular complexity index is 168. The predicted octanol–water partition coefficient (Wildman–Crippen LogP) is 2.52. The second kappa shape index (κ2) is 6.49. The van der Waals surface area contributed by atoms with E-state index in [1.165, 1.54) is 25.8 Å². The number of hydrogen-bond donors (Lipinski definition) is 1. The summed E-state index contributed by atoms with van der Waals surface area (Å²) < 4.78 is 0. The molecule has 1 fully saturated rings. The van der Waals surface area contributed by atoms with Crippen LogP contribution in [-0.4, -0.2) is 35.7 Å². The molecule has 2 atom stereocenters. The van der Waals surface area contributed by atoms with Crippen molar-refractivity contribution in [3.8, 4) is 0 Å². The molecule has 1 aliphatic rings. The summed E-state index contributed by atoms with van der Waals surface area (Å²) in [5.74, 6) is 1.37. The maximum absolute atomic E-state index is 10.0. The zero-order valence-corrected chi connectivity index (χ0v) is 10.6. The van der Waals surface area contributed by atoms with Crippen molar-refractivity contribution in [1.82, 2.24) is 4.90 Å². The van der Waals surface area contributed by atoms with Gasteiger partial charge < -0.3 is 10.0 Å². The summed E-state index contributed by atoms with van der Waals surface area (Å²) in [6.07, 6.45) is 4.93. The van der Waals surface area contributed by atoms with Crippen LogP contribution in [0.5, 0.6) is 0 Å². The second-order valence-corrected chi connectivity index (χ2v) is 5.16. The van der Waals surface area contributed by atoms with Crippen LogP contribution in [0.3, 0.4) is 0 Å². The van der Waals surface area contributed by atoms with Crippen LogP contribution in [-0.2, 0) is 0 Å². The Balaban J connectivity index is 2.27. The average Bonchev–Trinajstić information content (AvgIpc) is 3.00. The first-order valence-corrected chi connectivity index (χ1v) is 6.57. The summed E-state index contributed by atoms with van der Waals surface area (Å²) in [4.78, 5) is 2.45. The van der Waals surface area contributed by atoms with E-state index in [0.29, 0.717) is 5.92 Å². The monoisotopic (exact) mass is 213 g/mol. The number of rotatable bonds is 8. The van der Waals surface area contributed by atoms with Crippen LogP contribution in [0.1, 0.15) is 46.5 Å². The predicted molar refractivity (Wildman–Crippen MR) is 64.9 cm³/mol. The fourth-order valence-electron chi connectivity index (χ4n) is 1.96. The van der Waals surface area contributed by atoms with Gasteiger partial charge >= 0.3 is 0 Å². The van der Waals surface area contributed by atoms with Gasteiger partial charge in [0.1, 0.15) is 0 Å². The van der Waals surface area contributed by atoms with Gasteiger partial charge in [-0.15, -0.1) is 0 Å². The molecule has 0 aromatic rings. The van der Waals surface area contributed by atoms with Crippen molar-refractivity contribution in [2.75, 3.05) is 19.6 Å². The highest BCUT2D eigenvalue weighted by Crippen LogP contribution is 2.30. The highest BCUT2D eigenvalue weighted by atomic mass is 16.3. The van der Waals surface area contributed by atoms with E-state index >= 15 is 0 Å². The average molecular weight is 213 g/mol. The van der Waals surface area contributed by atoms with Gasteiger partial charge in [-0.25, -0.2) is 0 Å². The Hall–Kier alpha value is -0.0800. The van der Waals surface area contributed by atoms with E-state index < -0.39 is 0 Å². The summed E-state index contributed by atoms with van der Waals surface area (Å²) >= 11 is 0. The number of nitrogens with zero attached hydrogens (tertiary/aromatic N) is 1. The van der Waals surface area contributed by atoms with E-state index in [1.54, 1.807) is 0 Å². The molecule has 1 aliphatic carbocycles.